The van der Waals surface area contributed by atoms with E-state index in [2.05, 4.69) is 22.0 Å². The number of halogens is 2. The third-order valence-electron chi connectivity index (χ3n) is 5.00. The number of benzene rings is 2. The summed E-state index contributed by atoms with van der Waals surface area (Å²) >= 11 is 12.1. The first-order valence-electron chi connectivity index (χ1n) is 9.39. The maximum atomic E-state index is 12.8. The van der Waals surface area contributed by atoms with Gasteiger partial charge in [-0.2, -0.15) is 0 Å². The maximum Gasteiger partial charge on any atom is 0.337 e. The van der Waals surface area contributed by atoms with Crippen molar-refractivity contribution >= 4 is 46.5 Å². The van der Waals surface area contributed by atoms with Gasteiger partial charge in [0.05, 0.1) is 34.6 Å². The molecule has 0 aliphatic carbocycles. The van der Waals surface area contributed by atoms with Crippen LogP contribution in [0.15, 0.2) is 36.4 Å². The number of rotatable bonds is 5. The SMILES string of the molecule is CCN1CCN(c2ccc(C(=O)OC)cc2NC(=O)c2ccc(Cl)cc2Cl)CC1. The van der Waals surface area contributed by atoms with Crippen LogP contribution in [0.2, 0.25) is 10.0 Å². The fraction of sp³-hybridized carbons (Fsp3) is 0.333. The Balaban J connectivity index is 1.91. The zero-order chi connectivity index (χ0) is 21.0. The van der Waals surface area contributed by atoms with Crippen LogP contribution in [0.3, 0.4) is 0 Å². The summed E-state index contributed by atoms with van der Waals surface area (Å²) < 4.78 is 4.82. The standard InChI is InChI=1S/C21H23Cl2N3O3/c1-3-25-8-10-26(11-9-25)19-7-4-14(21(28)29-2)12-18(19)24-20(27)16-6-5-15(22)13-17(16)23/h4-7,12-13H,3,8-11H2,1-2H3,(H,24,27). The summed E-state index contributed by atoms with van der Waals surface area (Å²) in [4.78, 5) is 29.4. The molecule has 0 saturated carbocycles. The predicted molar refractivity (Wildman–Crippen MR) is 117 cm³/mol. The van der Waals surface area contributed by atoms with Gasteiger partial charge >= 0.3 is 5.97 Å². The average molecular weight is 436 g/mol. The van der Waals surface area contributed by atoms with Gasteiger partial charge in [-0.15, -0.1) is 0 Å². The molecule has 1 N–H and O–H groups in total. The summed E-state index contributed by atoms with van der Waals surface area (Å²) in [6.45, 7) is 6.68. The molecule has 1 aliphatic rings. The average Bonchev–Trinajstić information content (AvgIpc) is 2.73. The Hall–Kier alpha value is -2.28. The molecule has 0 radical (unpaired) electrons. The fourth-order valence-electron chi connectivity index (χ4n) is 3.33. The van der Waals surface area contributed by atoms with Gasteiger partial charge in [0.2, 0.25) is 0 Å². The Bertz CT molecular complexity index is 912. The molecule has 0 atom stereocenters. The third kappa shape index (κ3) is 5.01. The van der Waals surface area contributed by atoms with Crippen molar-refractivity contribution in [3.8, 4) is 0 Å². The molecule has 29 heavy (non-hydrogen) atoms. The number of nitrogens with one attached hydrogen (secondary N) is 1. The quantitative estimate of drug-likeness (QED) is 0.713. The van der Waals surface area contributed by atoms with Crippen molar-refractivity contribution in [1.29, 1.82) is 0 Å². The number of likely N-dealkylation sites (N-methyl/N-ethyl adjacent to an activating group) is 1. The van der Waals surface area contributed by atoms with Gasteiger partial charge in [-0.3, -0.25) is 4.79 Å². The highest BCUT2D eigenvalue weighted by atomic mass is 35.5. The van der Waals surface area contributed by atoms with Gasteiger partial charge < -0.3 is 19.9 Å². The highest BCUT2D eigenvalue weighted by molar-refractivity contribution is 6.37. The van der Waals surface area contributed by atoms with Crippen molar-refractivity contribution in [3.05, 3.63) is 57.6 Å². The number of anilines is 2. The highest BCUT2D eigenvalue weighted by Crippen LogP contribution is 2.30. The van der Waals surface area contributed by atoms with Gasteiger partial charge in [0.1, 0.15) is 0 Å². The van der Waals surface area contributed by atoms with Gasteiger partial charge in [-0.1, -0.05) is 30.1 Å². The van der Waals surface area contributed by atoms with Crippen molar-refractivity contribution in [2.24, 2.45) is 0 Å². The lowest BCUT2D eigenvalue weighted by Gasteiger charge is -2.36. The van der Waals surface area contributed by atoms with Crippen LogP contribution in [0.1, 0.15) is 27.6 Å². The number of carbonyl (C=O) groups is 2. The van der Waals surface area contributed by atoms with Gasteiger partial charge in [0, 0.05) is 31.2 Å². The number of hydrogen-bond donors (Lipinski definition) is 1. The second-order valence-electron chi connectivity index (χ2n) is 6.72. The molecule has 0 spiro atoms. The van der Waals surface area contributed by atoms with E-state index in [0.29, 0.717) is 21.8 Å². The van der Waals surface area contributed by atoms with Crippen LogP contribution < -0.4 is 10.2 Å². The molecule has 2 aromatic carbocycles. The molecule has 2 aromatic rings. The molecular weight excluding hydrogens is 413 g/mol. The van der Waals surface area contributed by atoms with Crippen molar-refractivity contribution < 1.29 is 14.3 Å². The van der Waals surface area contributed by atoms with E-state index in [-0.39, 0.29) is 10.9 Å². The molecule has 154 valence electrons. The Labute approximate surface area is 180 Å². The van der Waals surface area contributed by atoms with E-state index < -0.39 is 5.97 Å². The van der Waals surface area contributed by atoms with Crippen LogP contribution in [0.5, 0.6) is 0 Å². The normalized spacial score (nSPS) is 14.6. The van der Waals surface area contributed by atoms with Crippen molar-refractivity contribution in [3.63, 3.8) is 0 Å². The topological polar surface area (TPSA) is 61.9 Å². The minimum atomic E-state index is -0.465. The summed E-state index contributed by atoms with van der Waals surface area (Å²) in [6.07, 6.45) is 0. The number of esters is 1. The van der Waals surface area contributed by atoms with Crippen molar-refractivity contribution in [2.75, 3.05) is 50.1 Å². The lowest BCUT2D eigenvalue weighted by atomic mass is 10.1. The van der Waals surface area contributed by atoms with Gasteiger partial charge in [0.25, 0.3) is 5.91 Å². The smallest absolute Gasteiger partial charge is 0.337 e. The number of carbonyl (C=O) groups excluding carboxylic acids is 2. The molecular formula is C21H23Cl2N3O3. The number of piperazine rings is 1. The van der Waals surface area contributed by atoms with Crippen LogP contribution in [0, 0.1) is 0 Å². The lowest BCUT2D eigenvalue weighted by molar-refractivity contribution is 0.0600. The van der Waals surface area contributed by atoms with E-state index >= 15 is 0 Å². The van der Waals surface area contributed by atoms with Crippen molar-refractivity contribution in [1.82, 2.24) is 4.90 Å². The van der Waals surface area contributed by atoms with E-state index in [0.717, 1.165) is 38.4 Å². The van der Waals surface area contributed by atoms with Crippen LogP contribution in [0.25, 0.3) is 0 Å². The van der Waals surface area contributed by atoms with Gasteiger partial charge in [-0.25, -0.2) is 4.79 Å². The molecule has 0 unspecified atom stereocenters. The number of hydrogen-bond acceptors (Lipinski definition) is 5. The summed E-state index contributed by atoms with van der Waals surface area (Å²) in [5.74, 6) is -0.838. The number of nitrogens with zero attached hydrogens (tertiary/aromatic N) is 2. The van der Waals surface area contributed by atoms with Crippen LogP contribution >= 0.6 is 23.2 Å². The van der Waals surface area contributed by atoms with Gasteiger partial charge in [0.15, 0.2) is 0 Å². The van der Waals surface area contributed by atoms with E-state index in [9.17, 15) is 9.59 Å². The summed E-state index contributed by atoms with van der Waals surface area (Å²) in [5, 5.41) is 3.61. The summed E-state index contributed by atoms with van der Waals surface area (Å²) in [7, 11) is 1.33. The lowest BCUT2D eigenvalue weighted by Crippen LogP contribution is -2.46. The minimum Gasteiger partial charge on any atom is -0.465 e. The number of ether oxygens (including phenoxy) is 1. The Kier molecular flexibility index (Phi) is 7.00. The summed E-state index contributed by atoms with van der Waals surface area (Å²) in [5.41, 5.74) is 2.06. The van der Waals surface area contributed by atoms with Crippen LogP contribution in [-0.2, 0) is 4.74 Å². The largest absolute Gasteiger partial charge is 0.465 e. The number of amides is 1. The molecule has 1 heterocycles. The summed E-state index contributed by atoms with van der Waals surface area (Å²) in [6, 6.07) is 9.88. The molecule has 0 bridgehead atoms. The maximum absolute atomic E-state index is 12.8. The van der Waals surface area contributed by atoms with Crippen molar-refractivity contribution in [2.45, 2.75) is 6.92 Å². The first kappa shape index (κ1) is 21.4. The molecule has 1 fully saturated rings. The Morgan fingerprint density at radius 2 is 1.79 bits per heavy atom. The Morgan fingerprint density at radius 3 is 2.41 bits per heavy atom. The number of methoxy groups -OCH3 is 1. The molecule has 0 aromatic heterocycles. The molecule has 1 saturated heterocycles. The molecule has 1 aliphatic heterocycles. The molecule has 8 heteroatoms. The Morgan fingerprint density at radius 1 is 1.07 bits per heavy atom. The zero-order valence-electron chi connectivity index (χ0n) is 16.4. The highest BCUT2D eigenvalue weighted by Gasteiger charge is 2.21. The van der Waals surface area contributed by atoms with Crippen LogP contribution in [0.4, 0.5) is 11.4 Å². The second-order valence-corrected chi connectivity index (χ2v) is 7.57. The fourth-order valence-corrected chi connectivity index (χ4v) is 3.82. The van der Waals surface area contributed by atoms with Crippen LogP contribution in [-0.4, -0.2) is 56.6 Å². The van der Waals surface area contributed by atoms with E-state index in [1.165, 1.54) is 13.2 Å². The van der Waals surface area contributed by atoms with Gasteiger partial charge in [-0.05, 0) is 42.9 Å². The molecule has 1 amide bonds. The molecule has 6 nitrogen and oxygen atoms in total. The monoisotopic (exact) mass is 435 g/mol. The minimum absolute atomic E-state index is 0.261. The predicted octanol–water partition coefficient (Wildman–Crippen LogP) is 4.17. The first-order chi connectivity index (χ1) is 13.9. The van der Waals surface area contributed by atoms with E-state index in [1.54, 1.807) is 24.3 Å². The van der Waals surface area contributed by atoms with E-state index in [1.807, 2.05) is 6.07 Å². The first-order valence-corrected chi connectivity index (χ1v) is 10.1. The second kappa shape index (κ2) is 9.48. The third-order valence-corrected chi connectivity index (χ3v) is 5.55. The molecule has 3 rings (SSSR count). The van der Waals surface area contributed by atoms with E-state index in [4.69, 9.17) is 27.9 Å². The zero-order valence-corrected chi connectivity index (χ0v) is 17.9.